The zero-order valence-electron chi connectivity index (χ0n) is 16.2. The highest BCUT2D eigenvalue weighted by atomic mass is 16.6. The molecular formula is C19H26N6O4. The molecule has 2 aliphatic rings. The van der Waals surface area contributed by atoms with Crippen LogP contribution in [0.25, 0.3) is 10.8 Å². The van der Waals surface area contributed by atoms with Crippen molar-refractivity contribution in [2.75, 3.05) is 26.2 Å². The van der Waals surface area contributed by atoms with E-state index in [0.717, 1.165) is 0 Å². The molecule has 0 aliphatic carbocycles. The van der Waals surface area contributed by atoms with Crippen LogP contribution in [0.1, 0.15) is 37.2 Å². The van der Waals surface area contributed by atoms with Crippen molar-refractivity contribution in [3.05, 3.63) is 78.3 Å². The molecule has 0 saturated carbocycles. The van der Waals surface area contributed by atoms with Crippen LogP contribution in [0.5, 0.6) is 0 Å². The van der Waals surface area contributed by atoms with Crippen LogP contribution < -0.4 is 10.6 Å². The van der Waals surface area contributed by atoms with Gasteiger partial charge in [0, 0.05) is 25.7 Å². The van der Waals surface area contributed by atoms with E-state index in [9.17, 15) is 20.2 Å². The number of hydrogen-bond donors (Lipinski definition) is 2. The van der Waals surface area contributed by atoms with E-state index in [0.29, 0.717) is 0 Å². The van der Waals surface area contributed by atoms with E-state index < -0.39 is 27.2 Å². The van der Waals surface area contributed by atoms with E-state index >= 15 is 0 Å². The van der Waals surface area contributed by atoms with Gasteiger partial charge in [0.2, 0.25) is 0 Å². The van der Waals surface area contributed by atoms with Gasteiger partial charge in [0.15, 0.2) is 5.92 Å². The van der Waals surface area contributed by atoms with Gasteiger partial charge in [0.1, 0.15) is 0 Å². The summed E-state index contributed by atoms with van der Waals surface area (Å²) < 4.78 is 0. The summed E-state index contributed by atoms with van der Waals surface area (Å²) in [5.41, 5.74) is -1.78. The van der Waals surface area contributed by atoms with E-state index in [2.05, 4.69) is 10.6 Å². The Hall–Kier alpha value is -3.16. The first-order chi connectivity index (χ1) is 14.0. The van der Waals surface area contributed by atoms with E-state index in [-0.39, 0.29) is 5.56 Å². The van der Waals surface area contributed by atoms with Crippen LogP contribution in [0.2, 0.25) is 0 Å². The van der Waals surface area contributed by atoms with Gasteiger partial charge in [0.05, 0.1) is 36.0 Å². The summed E-state index contributed by atoms with van der Waals surface area (Å²) >= 11 is 0. The zero-order valence-corrected chi connectivity index (χ0v) is 16.2. The fourth-order valence-corrected chi connectivity index (χ4v) is 2.96. The van der Waals surface area contributed by atoms with Gasteiger partial charge in [-0.1, -0.05) is 30.3 Å². The molecule has 2 fully saturated rings. The zero-order chi connectivity index (χ0) is 21.5. The molecule has 4 N–H and O–H groups in total. The number of hydrogen-bond acceptors (Lipinski definition) is 4. The number of nitrogens with two attached hydrogens (primary N) is 2. The number of nitrogens with zero attached hydrogens (tertiary/aromatic N) is 4. The van der Waals surface area contributed by atoms with E-state index in [1.54, 1.807) is 6.07 Å². The predicted molar refractivity (Wildman–Crippen MR) is 109 cm³/mol. The van der Waals surface area contributed by atoms with Crippen molar-refractivity contribution in [3.63, 3.8) is 0 Å². The summed E-state index contributed by atoms with van der Waals surface area (Å²) in [5.74, 6) is 1.04. The molecule has 29 heavy (non-hydrogen) atoms. The van der Waals surface area contributed by atoms with Gasteiger partial charge in [-0.25, -0.2) is 0 Å². The Morgan fingerprint density at radius 1 is 0.828 bits per heavy atom. The van der Waals surface area contributed by atoms with Gasteiger partial charge in [0.25, 0.3) is 11.4 Å². The highest BCUT2D eigenvalue weighted by Gasteiger charge is 2.35. The summed E-state index contributed by atoms with van der Waals surface area (Å²) in [5, 5.41) is 43.9. The topological polar surface area (TPSA) is 164 Å². The lowest BCUT2D eigenvalue weighted by Crippen LogP contribution is -2.80. The first-order valence-electron chi connectivity index (χ1n) is 9.53. The SMILES string of the molecule is C1CC[NH2+]C1.C1CC[NH2+]C1.[N-]=C=C(C(C(=C=[N-])[N+](=O)[O-])c1ccccc1)[N+](=O)[O-]. The van der Waals surface area contributed by atoms with E-state index in [1.165, 1.54) is 87.9 Å². The fraction of sp³-hybridized carbons (Fsp3) is 0.474. The Kier molecular flexibility index (Phi) is 11.5. The molecule has 1 aromatic rings. The van der Waals surface area contributed by atoms with Gasteiger partial charge in [-0.3, -0.25) is 20.2 Å². The fourth-order valence-electron chi connectivity index (χ4n) is 2.96. The summed E-state index contributed by atoms with van der Waals surface area (Å²) in [6.45, 7) is 5.50. The van der Waals surface area contributed by atoms with Crippen LogP contribution in [-0.4, -0.2) is 47.8 Å². The molecular weight excluding hydrogens is 376 g/mol. The maximum Gasteiger partial charge on any atom is 0.284 e. The summed E-state index contributed by atoms with van der Waals surface area (Å²) in [4.78, 5) is 19.5. The molecule has 2 aliphatic heterocycles. The Morgan fingerprint density at radius 3 is 1.45 bits per heavy atom. The minimum Gasteiger partial charge on any atom is -0.758 e. The van der Waals surface area contributed by atoms with Crippen LogP contribution in [0.4, 0.5) is 0 Å². The van der Waals surface area contributed by atoms with Crippen molar-refractivity contribution >= 4 is 11.7 Å². The number of rotatable bonds is 5. The first kappa shape index (κ1) is 23.9. The van der Waals surface area contributed by atoms with Crippen molar-refractivity contribution in [2.45, 2.75) is 31.6 Å². The Bertz CT molecular complexity index is 701. The molecule has 0 aromatic heterocycles. The lowest BCUT2D eigenvalue weighted by Gasteiger charge is -2.11. The number of nitro groups is 2. The minimum absolute atomic E-state index is 0.143. The maximum atomic E-state index is 10.8. The molecule has 156 valence electrons. The Labute approximate surface area is 169 Å². The number of benzene rings is 1. The molecule has 2 saturated heterocycles. The molecule has 2 heterocycles. The van der Waals surface area contributed by atoms with Crippen LogP contribution >= 0.6 is 0 Å². The van der Waals surface area contributed by atoms with Crippen molar-refractivity contribution in [1.29, 1.82) is 0 Å². The largest absolute Gasteiger partial charge is 0.758 e. The van der Waals surface area contributed by atoms with Crippen molar-refractivity contribution in [1.82, 2.24) is 0 Å². The third-order valence-electron chi connectivity index (χ3n) is 4.44. The summed E-state index contributed by atoms with van der Waals surface area (Å²) in [7, 11) is 0. The average Bonchev–Trinajstić information content (AvgIpc) is 3.47. The normalized spacial score (nSPS) is 15.3. The van der Waals surface area contributed by atoms with Crippen molar-refractivity contribution in [3.8, 4) is 0 Å². The molecule has 0 bridgehead atoms. The molecule has 3 rings (SSSR count). The quantitative estimate of drug-likeness (QED) is 0.410. The maximum absolute atomic E-state index is 10.8. The van der Waals surface area contributed by atoms with Gasteiger partial charge in [-0.05, 0) is 5.56 Å². The highest BCUT2D eigenvalue weighted by molar-refractivity contribution is 5.68. The highest BCUT2D eigenvalue weighted by Crippen LogP contribution is 2.29. The van der Waals surface area contributed by atoms with Gasteiger partial charge >= 0.3 is 0 Å². The van der Waals surface area contributed by atoms with Crippen LogP contribution in [-0.2, 0) is 0 Å². The molecule has 0 amide bonds. The Morgan fingerprint density at radius 2 is 1.21 bits per heavy atom. The minimum atomic E-state index is -1.58. The monoisotopic (exact) mass is 402 g/mol. The summed E-state index contributed by atoms with van der Waals surface area (Å²) in [6, 6.07) is 7.38. The molecule has 0 spiro atoms. The average molecular weight is 402 g/mol. The van der Waals surface area contributed by atoms with Gasteiger partial charge in [-0.15, -0.1) is 0 Å². The third-order valence-corrected chi connectivity index (χ3v) is 4.44. The van der Waals surface area contributed by atoms with E-state index in [1.807, 2.05) is 0 Å². The van der Waals surface area contributed by atoms with Gasteiger partial charge < -0.3 is 21.5 Å². The molecule has 0 unspecified atom stereocenters. The molecule has 1 aromatic carbocycles. The molecule has 10 heteroatoms. The summed E-state index contributed by atoms with van der Waals surface area (Å²) in [6.07, 6.45) is 5.78. The molecule has 10 nitrogen and oxygen atoms in total. The van der Waals surface area contributed by atoms with Crippen molar-refractivity contribution < 1.29 is 20.5 Å². The van der Waals surface area contributed by atoms with E-state index in [4.69, 9.17) is 10.8 Å². The smallest absolute Gasteiger partial charge is 0.284 e. The van der Waals surface area contributed by atoms with Crippen LogP contribution in [0.3, 0.4) is 0 Å². The van der Waals surface area contributed by atoms with Gasteiger partial charge in [-0.2, -0.15) is 11.7 Å². The second kappa shape index (κ2) is 13.9. The lowest BCUT2D eigenvalue weighted by atomic mass is 9.93. The molecule has 0 radical (unpaired) electrons. The predicted octanol–water partition coefficient (Wildman–Crippen LogP) is 0.257. The van der Waals surface area contributed by atoms with Crippen LogP contribution in [0, 0.1) is 20.2 Å². The lowest BCUT2D eigenvalue weighted by molar-refractivity contribution is -0.635. The standard InChI is InChI=1S/C11H6N4O4.2C4H9N/c12-6-9(14(16)17)11(10(7-13)15(18)19)8-4-2-1-3-5-8;2*1-2-4-5-3-1/h1-5,11H;2*5H,1-4H2/q-2;;/p+2. The Balaban J connectivity index is 0.000000336. The van der Waals surface area contributed by atoms with Crippen molar-refractivity contribution in [2.24, 2.45) is 0 Å². The second-order valence-corrected chi connectivity index (χ2v) is 6.50. The van der Waals surface area contributed by atoms with Crippen LogP contribution in [0.15, 0.2) is 41.7 Å². The first-order valence-corrected chi connectivity index (χ1v) is 9.53. The second-order valence-electron chi connectivity index (χ2n) is 6.50. The number of quaternary nitrogens is 2. The third kappa shape index (κ3) is 8.59. The molecule has 0 atom stereocenters.